The van der Waals surface area contributed by atoms with Gasteiger partial charge in [0.1, 0.15) is 5.75 Å². The van der Waals surface area contributed by atoms with Gasteiger partial charge in [0.25, 0.3) is 0 Å². The molecular formula is C15H13F3O2. The monoisotopic (exact) mass is 282 g/mol. The summed E-state index contributed by atoms with van der Waals surface area (Å²) in [5.41, 5.74) is 2.78. The van der Waals surface area contributed by atoms with Crippen molar-refractivity contribution in [2.24, 2.45) is 0 Å². The van der Waals surface area contributed by atoms with Gasteiger partial charge in [0.2, 0.25) is 0 Å². The first kappa shape index (κ1) is 14.4. The van der Waals surface area contributed by atoms with Crippen LogP contribution in [0.5, 0.6) is 5.75 Å². The Balaban J connectivity index is 2.13. The molecule has 106 valence electrons. The topological polar surface area (TPSA) is 18.5 Å². The number of alkyl halides is 3. The van der Waals surface area contributed by atoms with Gasteiger partial charge in [-0.3, -0.25) is 0 Å². The molecule has 0 spiro atoms. The highest BCUT2D eigenvalue weighted by molar-refractivity contribution is 5.64. The summed E-state index contributed by atoms with van der Waals surface area (Å²) in [4.78, 5) is 0. The Morgan fingerprint density at radius 1 is 0.850 bits per heavy atom. The molecule has 0 saturated carbocycles. The minimum atomic E-state index is -4.66. The maximum atomic E-state index is 12.0. The van der Waals surface area contributed by atoms with Crippen molar-refractivity contribution in [3.05, 3.63) is 54.1 Å². The molecule has 2 aromatic rings. The fourth-order valence-corrected chi connectivity index (χ4v) is 1.81. The largest absolute Gasteiger partial charge is 0.573 e. The molecule has 0 fully saturated rings. The van der Waals surface area contributed by atoms with E-state index in [1.54, 1.807) is 19.2 Å². The van der Waals surface area contributed by atoms with Gasteiger partial charge in [-0.25, -0.2) is 0 Å². The Hall–Kier alpha value is -2.01. The van der Waals surface area contributed by atoms with Crippen molar-refractivity contribution in [1.29, 1.82) is 0 Å². The van der Waals surface area contributed by atoms with E-state index >= 15 is 0 Å². The van der Waals surface area contributed by atoms with Gasteiger partial charge in [0.05, 0.1) is 6.61 Å². The van der Waals surface area contributed by atoms with Gasteiger partial charge >= 0.3 is 6.36 Å². The average molecular weight is 282 g/mol. The Kier molecular flexibility index (Phi) is 4.29. The molecule has 5 heteroatoms. The fraction of sp³-hybridized carbons (Fsp3) is 0.200. The number of methoxy groups -OCH3 is 1. The lowest BCUT2D eigenvalue weighted by molar-refractivity contribution is -0.274. The second kappa shape index (κ2) is 5.96. The normalized spacial score (nSPS) is 11.4. The van der Waals surface area contributed by atoms with Gasteiger partial charge < -0.3 is 9.47 Å². The Labute approximate surface area is 114 Å². The van der Waals surface area contributed by atoms with Crippen LogP contribution in [0.25, 0.3) is 11.1 Å². The van der Waals surface area contributed by atoms with E-state index in [2.05, 4.69) is 4.74 Å². The van der Waals surface area contributed by atoms with E-state index in [-0.39, 0.29) is 5.75 Å². The van der Waals surface area contributed by atoms with Gasteiger partial charge in [-0.15, -0.1) is 13.2 Å². The van der Waals surface area contributed by atoms with Gasteiger partial charge in [0, 0.05) is 7.11 Å². The summed E-state index contributed by atoms with van der Waals surface area (Å²) in [6.07, 6.45) is -4.66. The van der Waals surface area contributed by atoms with E-state index in [0.29, 0.717) is 6.61 Å². The molecule has 0 unspecified atom stereocenters. The average Bonchev–Trinajstić information content (AvgIpc) is 2.39. The van der Waals surface area contributed by atoms with Crippen LogP contribution in [0.1, 0.15) is 5.56 Å². The lowest BCUT2D eigenvalue weighted by Crippen LogP contribution is -2.16. The predicted molar refractivity (Wildman–Crippen MR) is 69.3 cm³/mol. The molecule has 0 aliphatic heterocycles. The third kappa shape index (κ3) is 3.99. The SMILES string of the molecule is COCc1ccc(-c2ccc(OC(F)(F)F)cc2)cc1. The Bertz CT molecular complexity index is 545. The molecular weight excluding hydrogens is 269 g/mol. The van der Waals surface area contributed by atoms with E-state index in [0.717, 1.165) is 16.7 Å². The van der Waals surface area contributed by atoms with E-state index in [1.165, 1.54) is 12.1 Å². The van der Waals surface area contributed by atoms with Crippen LogP contribution in [0.3, 0.4) is 0 Å². The highest BCUT2D eigenvalue weighted by atomic mass is 19.4. The quantitative estimate of drug-likeness (QED) is 0.827. The standard InChI is InChI=1S/C15H13F3O2/c1-19-10-11-2-4-12(5-3-11)13-6-8-14(9-7-13)20-15(16,17)18/h2-9H,10H2,1H3. The van der Waals surface area contributed by atoms with Crippen LogP contribution in [-0.4, -0.2) is 13.5 Å². The zero-order chi connectivity index (χ0) is 14.6. The van der Waals surface area contributed by atoms with Crippen LogP contribution in [0.4, 0.5) is 13.2 Å². The van der Waals surface area contributed by atoms with E-state index in [9.17, 15) is 13.2 Å². The van der Waals surface area contributed by atoms with Crippen LogP contribution < -0.4 is 4.74 Å². The van der Waals surface area contributed by atoms with E-state index in [4.69, 9.17) is 4.74 Å². The van der Waals surface area contributed by atoms with Crippen molar-refractivity contribution in [3.8, 4) is 16.9 Å². The molecule has 2 aromatic carbocycles. The van der Waals surface area contributed by atoms with Crippen molar-refractivity contribution in [3.63, 3.8) is 0 Å². The van der Waals surface area contributed by atoms with E-state index in [1.807, 2.05) is 24.3 Å². The maximum absolute atomic E-state index is 12.0. The third-order valence-corrected chi connectivity index (χ3v) is 2.69. The summed E-state index contributed by atoms with van der Waals surface area (Å²) in [5.74, 6) is -0.225. The van der Waals surface area contributed by atoms with Crippen molar-refractivity contribution >= 4 is 0 Å². The number of halogens is 3. The van der Waals surface area contributed by atoms with Gasteiger partial charge in [0.15, 0.2) is 0 Å². The molecule has 0 bridgehead atoms. The first-order valence-electron chi connectivity index (χ1n) is 5.92. The summed E-state index contributed by atoms with van der Waals surface area (Å²) < 4.78 is 45.0. The Morgan fingerprint density at radius 2 is 1.35 bits per heavy atom. The summed E-state index contributed by atoms with van der Waals surface area (Å²) >= 11 is 0. The number of rotatable bonds is 4. The third-order valence-electron chi connectivity index (χ3n) is 2.69. The molecule has 20 heavy (non-hydrogen) atoms. The van der Waals surface area contributed by atoms with Crippen LogP contribution in [0, 0.1) is 0 Å². The molecule has 2 rings (SSSR count). The van der Waals surface area contributed by atoms with Crippen LogP contribution in [-0.2, 0) is 11.3 Å². The van der Waals surface area contributed by atoms with Crippen molar-refractivity contribution < 1.29 is 22.6 Å². The molecule has 2 nitrogen and oxygen atoms in total. The first-order valence-corrected chi connectivity index (χ1v) is 5.92. The molecule has 0 saturated heterocycles. The van der Waals surface area contributed by atoms with Gasteiger partial charge in [-0.05, 0) is 28.8 Å². The van der Waals surface area contributed by atoms with Gasteiger partial charge in [-0.2, -0.15) is 0 Å². The molecule has 0 N–H and O–H groups in total. The second-order valence-corrected chi connectivity index (χ2v) is 4.20. The minimum absolute atomic E-state index is 0.225. The highest BCUT2D eigenvalue weighted by Crippen LogP contribution is 2.26. The maximum Gasteiger partial charge on any atom is 0.573 e. The predicted octanol–water partition coefficient (Wildman–Crippen LogP) is 4.40. The molecule has 0 heterocycles. The van der Waals surface area contributed by atoms with Crippen molar-refractivity contribution in [1.82, 2.24) is 0 Å². The number of ether oxygens (including phenoxy) is 2. The lowest BCUT2D eigenvalue weighted by Gasteiger charge is -2.09. The fourth-order valence-electron chi connectivity index (χ4n) is 1.81. The van der Waals surface area contributed by atoms with Crippen LogP contribution in [0.2, 0.25) is 0 Å². The van der Waals surface area contributed by atoms with Crippen LogP contribution >= 0.6 is 0 Å². The molecule has 0 aliphatic rings. The molecule has 0 atom stereocenters. The summed E-state index contributed by atoms with van der Waals surface area (Å²) in [6.45, 7) is 0.526. The van der Waals surface area contributed by atoms with Gasteiger partial charge in [-0.1, -0.05) is 36.4 Å². The summed E-state index contributed by atoms with van der Waals surface area (Å²) in [7, 11) is 1.62. The molecule has 0 aromatic heterocycles. The smallest absolute Gasteiger partial charge is 0.406 e. The van der Waals surface area contributed by atoms with Crippen molar-refractivity contribution in [2.45, 2.75) is 13.0 Å². The lowest BCUT2D eigenvalue weighted by atomic mass is 10.0. The zero-order valence-electron chi connectivity index (χ0n) is 10.8. The minimum Gasteiger partial charge on any atom is -0.406 e. The van der Waals surface area contributed by atoms with Crippen molar-refractivity contribution in [2.75, 3.05) is 7.11 Å². The zero-order valence-corrected chi connectivity index (χ0v) is 10.8. The number of hydrogen-bond donors (Lipinski definition) is 0. The number of benzene rings is 2. The summed E-state index contributed by atoms with van der Waals surface area (Å²) in [5, 5.41) is 0. The number of hydrogen-bond acceptors (Lipinski definition) is 2. The summed E-state index contributed by atoms with van der Waals surface area (Å²) in [6, 6.07) is 13.4. The van der Waals surface area contributed by atoms with Crippen LogP contribution in [0.15, 0.2) is 48.5 Å². The molecule has 0 aliphatic carbocycles. The molecule has 0 radical (unpaired) electrons. The first-order chi connectivity index (χ1) is 9.48. The van der Waals surface area contributed by atoms with E-state index < -0.39 is 6.36 Å². The Morgan fingerprint density at radius 3 is 1.80 bits per heavy atom. The second-order valence-electron chi connectivity index (χ2n) is 4.20. The molecule has 0 amide bonds. The highest BCUT2D eigenvalue weighted by Gasteiger charge is 2.30.